The molecule has 2 amide bonds. The number of hydrogen-bond acceptors (Lipinski definition) is 4. The van der Waals surface area contributed by atoms with E-state index in [0.717, 1.165) is 16.9 Å². The predicted octanol–water partition coefficient (Wildman–Crippen LogP) is 2.62. The number of aryl methyl sites for hydroxylation is 1. The Kier molecular flexibility index (Phi) is 4.98. The summed E-state index contributed by atoms with van der Waals surface area (Å²) in [6.07, 6.45) is 5.50. The van der Waals surface area contributed by atoms with Crippen LogP contribution in [0.2, 0.25) is 0 Å². The van der Waals surface area contributed by atoms with Gasteiger partial charge in [-0.3, -0.25) is 20.4 Å². The zero-order valence-electron chi connectivity index (χ0n) is 15.7. The quantitative estimate of drug-likeness (QED) is 0.457. The number of aromatic nitrogens is 3. The Hall–Kier alpha value is -4.07. The molecule has 0 saturated heterocycles. The number of hydrazine groups is 1. The summed E-state index contributed by atoms with van der Waals surface area (Å²) in [4.78, 5) is 31.7. The minimum absolute atomic E-state index is 0.208. The molecule has 0 aliphatic rings. The molecular formula is C21H19N5O3. The van der Waals surface area contributed by atoms with E-state index in [4.69, 9.17) is 4.74 Å². The number of nitrogens with one attached hydrogen (secondary N) is 3. The maximum atomic E-state index is 12.5. The number of fused-ring (bicyclic) bond motifs is 1. The van der Waals surface area contributed by atoms with Gasteiger partial charge in [0, 0.05) is 18.6 Å². The van der Waals surface area contributed by atoms with E-state index in [2.05, 4.69) is 20.8 Å². The molecule has 29 heavy (non-hydrogen) atoms. The number of amides is 2. The lowest BCUT2D eigenvalue weighted by atomic mass is 10.2. The van der Waals surface area contributed by atoms with E-state index in [1.54, 1.807) is 42.6 Å². The van der Waals surface area contributed by atoms with Crippen LogP contribution in [0.5, 0.6) is 5.75 Å². The summed E-state index contributed by atoms with van der Waals surface area (Å²) in [7, 11) is 0. The Labute approximate surface area is 166 Å². The van der Waals surface area contributed by atoms with Crippen LogP contribution in [0.15, 0.2) is 67.1 Å². The largest absolute Gasteiger partial charge is 0.486 e. The molecule has 0 radical (unpaired) electrons. The van der Waals surface area contributed by atoms with Gasteiger partial charge in [-0.25, -0.2) is 4.98 Å². The molecule has 1 aromatic carbocycles. The van der Waals surface area contributed by atoms with Gasteiger partial charge >= 0.3 is 0 Å². The number of rotatable bonds is 5. The van der Waals surface area contributed by atoms with Gasteiger partial charge in [0.1, 0.15) is 23.7 Å². The maximum Gasteiger partial charge on any atom is 0.286 e. The molecule has 3 N–H and O–H groups in total. The molecule has 8 nitrogen and oxygen atoms in total. The second-order valence-corrected chi connectivity index (χ2v) is 6.48. The molecule has 0 spiro atoms. The van der Waals surface area contributed by atoms with Gasteiger partial charge in [0.25, 0.3) is 11.8 Å². The summed E-state index contributed by atoms with van der Waals surface area (Å²) in [5, 5.41) is 0. The SMILES string of the molecule is Cc1ccc2nc(COc3ccccc3C(=O)NNC(=O)c3ccc[nH]3)cn2c1. The number of nitrogens with zero attached hydrogens (tertiary/aromatic N) is 2. The first-order valence-electron chi connectivity index (χ1n) is 9.00. The van der Waals surface area contributed by atoms with Crippen LogP contribution in [0.25, 0.3) is 5.65 Å². The molecule has 0 atom stereocenters. The normalized spacial score (nSPS) is 10.7. The first kappa shape index (κ1) is 18.3. The maximum absolute atomic E-state index is 12.5. The number of pyridine rings is 1. The fourth-order valence-corrected chi connectivity index (χ4v) is 2.88. The summed E-state index contributed by atoms with van der Waals surface area (Å²) in [6, 6.07) is 14.1. The lowest BCUT2D eigenvalue weighted by molar-refractivity contribution is 0.0841. The monoisotopic (exact) mass is 389 g/mol. The Morgan fingerprint density at radius 1 is 1.03 bits per heavy atom. The molecule has 0 fully saturated rings. The van der Waals surface area contributed by atoms with Gasteiger partial charge in [0.05, 0.1) is 11.3 Å². The van der Waals surface area contributed by atoms with E-state index in [-0.39, 0.29) is 6.61 Å². The molecule has 0 bridgehead atoms. The third-order valence-electron chi connectivity index (χ3n) is 4.29. The van der Waals surface area contributed by atoms with E-state index < -0.39 is 11.8 Å². The van der Waals surface area contributed by atoms with Crippen LogP contribution in [0.4, 0.5) is 0 Å². The zero-order valence-corrected chi connectivity index (χ0v) is 15.7. The molecule has 3 heterocycles. The van der Waals surface area contributed by atoms with Gasteiger partial charge in [-0.1, -0.05) is 18.2 Å². The van der Waals surface area contributed by atoms with E-state index in [9.17, 15) is 9.59 Å². The first-order valence-corrected chi connectivity index (χ1v) is 9.00. The Morgan fingerprint density at radius 3 is 2.69 bits per heavy atom. The van der Waals surface area contributed by atoms with Gasteiger partial charge in [0.2, 0.25) is 0 Å². The highest BCUT2D eigenvalue weighted by Crippen LogP contribution is 2.19. The molecule has 0 aliphatic carbocycles. The van der Waals surface area contributed by atoms with Crippen molar-refractivity contribution in [2.45, 2.75) is 13.5 Å². The second-order valence-electron chi connectivity index (χ2n) is 6.48. The van der Waals surface area contributed by atoms with Crippen molar-refractivity contribution in [1.29, 1.82) is 0 Å². The molecule has 146 valence electrons. The highest BCUT2D eigenvalue weighted by atomic mass is 16.5. The van der Waals surface area contributed by atoms with E-state index in [1.165, 1.54) is 0 Å². The van der Waals surface area contributed by atoms with Crippen molar-refractivity contribution >= 4 is 17.5 Å². The van der Waals surface area contributed by atoms with Crippen LogP contribution < -0.4 is 15.6 Å². The zero-order chi connectivity index (χ0) is 20.2. The van der Waals surface area contributed by atoms with Crippen molar-refractivity contribution < 1.29 is 14.3 Å². The Bertz CT molecular complexity index is 1160. The molecule has 0 saturated carbocycles. The Balaban J connectivity index is 1.43. The summed E-state index contributed by atoms with van der Waals surface area (Å²) >= 11 is 0. The van der Waals surface area contributed by atoms with Crippen LogP contribution in [-0.4, -0.2) is 26.2 Å². The lowest BCUT2D eigenvalue weighted by Crippen LogP contribution is -2.41. The average molecular weight is 389 g/mol. The molecule has 8 heteroatoms. The molecule has 0 aliphatic heterocycles. The van der Waals surface area contributed by atoms with Gasteiger partial charge < -0.3 is 14.1 Å². The molecule has 3 aromatic heterocycles. The highest BCUT2D eigenvalue weighted by Gasteiger charge is 2.14. The van der Waals surface area contributed by atoms with Crippen molar-refractivity contribution in [3.05, 3.63) is 89.6 Å². The number of benzene rings is 1. The summed E-state index contributed by atoms with van der Waals surface area (Å²) in [6.45, 7) is 2.22. The third kappa shape index (κ3) is 4.11. The number of ether oxygens (including phenoxy) is 1. The molecule has 4 rings (SSSR count). The second kappa shape index (κ2) is 7.89. The van der Waals surface area contributed by atoms with Gasteiger partial charge in [0.15, 0.2) is 0 Å². The smallest absolute Gasteiger partial charge is 0.286 e. The minimum Gasteiger partial charge on any atom is -0.486 e. The molecule has 4 aromatic rings. The summed E-state index contributed by atoms with van der Waals surface area (Å²) in [5.74, 6) is -0.528. The third-order valence-corrected chi connectivity index (χ3v) is 4.29. The van der Waals surface area contributed by atoms with Crippen molar-refractivity contribution in [1.82, 2.24) is 25.2 Å². The number of carbonyl (C=O) groups excluding carboxylic acids is 2. The highest BCUT2D eigenvalue weighted by molar-refractivity contribution is 5.99. The Morgan fingerprint density at radius 2 is 1.86 bits per heavy atom. The molecule has 0 unspecified atom stereocenters. The van der Waals surface area contributed by atoms with E-state index >= 15 is 0 Å². The standard InChI is InChI=1S/C21H19N5O3/c1-14-8-9-19-23-15(12-26(19)11-14)13-29-18-7-3-2-5-16(18)20(27)24-25-21(28)17-6-4-10-22-17/h2-12,22H,13H2,1H3,(H,24,27)(H,25,28). The van der Waals surface area contributed by atoms with Crippen molar-refractivity contribution in [3.8, 4) is 5.75 Å². The average Bonchev–Trinajstić information content (AvgIpc) is 3.40. The van der Waals surface area contributed by atoms with Gasteiger partial charge in [-0.05, 0) is 42.8 Å². The van der Waals surface area contributed by atoms with Crippen molar-refractivity contribution in [2.24, 2.45) is 0 Å². The fourth-order valence-electron chi connectivity index (χ4n) is 2.88. The van der Waals surface area contributed by atoms with E-state index in [1.807, 2.05) is 35.9 Å². The van der Waals surface area contributed by atoms with Crippen LogP contribution in [0.3, 0.4) is 0 Å². The predicted molar refractivity (Wildman–Crippen MR) is 106 cm³/mol. The number of hydrogen-bond donors (Lipinski definition) is 3. The summed E-state index contributed by atoms with van der Waals surface area (Å²) < 4.78 is 7.76. The molecular weight excluding hydrogens is 370 g/mol. The number of H-pyrrole nitrogens is 1. The van der Waals surface area contributed by atoms with E-state index in [0.29, 0.717) is 17.0 Å². The van der Waals surface area contributed by atoms with Crippen LogP contribution in [-0.2, 0) is 6.61 Å². The number of aromatic amines is 1. The van der Waals surface area contributed by atoms with Crippen molar-refractivity contribution in [2.75, 3.05) is 0 Å². The van der Waals surface area contributed by atoms with Gasteiger partial charge in [-0.15, -0.1) is 0 Å². The topological polar surface area (TPSA) is 101 Å². The van der Waals surface area contributed by atoms with Gasteiger partial charge in [-0.2, -0.15) is 0 Å². The first-order chi connectivity index (χ1) is 14.1. The van der Waals surface area contributed by atoms with Crippen molar-refractivity contribution in [3.63, 3.8) is 0 Å². The minimum atomic E-state index is -0.480. The fraction of sp³-hybridized carbons (Fsp3) is 0.0952. The van der Waals surface area contributed by atoms with Crippen LogP contribution in [0.1, 0.15) is 32.1 Å². The number of carbonyl (C=O) groups is 2. The number of imidazole rings is 1. The number of para-hydroxylation sites is 1. The summed E-state index contributed by atoms with van der Waals surface area (Å²) in [5.41, 5.74) is 8.11. The van der Waals surface area contributed by atoms with Crippen LogP contribution in [0, 0.1) is 6.92 Å². The van der Waals surface area contributed by atoms with Crippen LogP contribution >= 0.6 is 0 Å². The lowest BCUT2D eigenvalue weighted by Gasteiger charge is -2.11.